The smallest absolute Gasteiger partial charge is 0.317 e. The summed E-state index contributed by atoms with van der Waals surface area (Å²) in [5.41, 5.74) is 1.94. The van der Waals surface area contributed by atoms with Crippen molar-refractivity contribution in [3.05, 3.63) is 71.8 Å². The molecule has 0 aromatic heterocycles. The number of esters is 1. The van der Waals surface area contributed by atoms with E-state index in [0.717, 1.165) is 42.3 Å². The third-order valence-electron chi connectivity index (χ3n) is 4.42. The standard InChI is InChI=1S/C22H29NO2S.ClH/c1-3-23(4-2)15-17-26-18-16-25-22(24)21(19-11-7-5-8-12-19)20-13-9-6-10-14-20;/h5-14,21H,3-4,15-18H2,1-2H3;1H. The fraction of sp³-hybridized carbons (Fsp3) is 0.409. The molecule has 0 unspecified atom stereocenters. The topological polar surface area (TPSA) is 29.5 Å². The van der Waals surface area contributed by atoms with E-state index in [1.165, 1.54) is 0 Å². The van der Waals surface area contributed by atoms with Crippen molar-refractivity contribution in [3.63, 3.8) is 0 Å². The molecule has 0 aliphatic rings. The van der Waals surface area contributed by atoms with Crippen molar-refractivity contribution in [3.8, 4) is 0 Å². The van der Waals surface area contributed by atoms with E-state index in [9.17, 15) is 4.79 Å². The largest absolute Gasteiger partial charge is 0.464 e. The highest BCUT2D eigenvalue weighted by Gasteiger charge is 2.23. The maximum atomic E-state index is 12.7. The van der Waals surface area contributed by atoms with Gasteiger partial charge < -0.3 is 9.64 Å². The summed E-state index contributed by atoms with van der Waals surface area (Å²) in [5, 5.41) is 0. The third kappa shape index (κ3) is 7.96. The number of ether oxygens (including phenoxy) is 1. The van der Waals surface area contributed by atoms with Gasteiger partial charge in [-0.2, -0.15) is 11.8 Å². The van der Waals surface area contributed by atoms with Crippen LogP contribution in [-0.2, 0) is 9.53 Å². The first kappa shape index (κ1) is 23.5. The van der Waals surface area contributed by atoms with E-state index in [4.69, 9.17) is 4.74 Å². The van der Waals surface area contributed by atoms with Crippen molar-refractivity contribution in [2.24, 2.45) is 0 Å². The highest BCUT2D eigenvalue weighted by Crippen LogP contribution is 2.26. The second-order valence-corrected chi connectivity index (χ2v) is 7.29. The summed E-state index contributed by atoms with van der Waals surface area (Å²) in [6, 6.07) is 19.7. The number of carbonyl (C=O) groups is 1. The molecule has 0 atom stereocenters. The molecule has 0 aliphatic carbocycles. The number of benzene rings is 2. The first-order chi connectivity index (χ1) is 12.8. The zero-order valence-corrected chi connectivity index (χ0v) is 17.8. The van der Waals surface area contributed by atoms with Gasteiger partial charge in [-0.05, 0) is 24.2 Å². The maximum absolute atomic E-state index is 12.7. The minimum atomic E-state index is -0.363. The summed E-state index contributed by atoms with van der Waals surface area (Å²) < 4.78 is 5.60. The van der Waals surface area contributed by atoms with Crippen LogP contribution in [0.1, 0.15) is 30.9 Å². The Hall–Kier alpha value is -1.49. The van der Waals surface area contributed by atoms with Crippen LogP contribution in [0.4, 0.5) is 0 Å². The molecular weight excluding hydrogens is 378 g/mol. The van der Waals surface area contributed by atoms with Crippen LogP contribution in [0.5, 0.6) is 0 Å². The average Bonchev–Trinajstić information content (AvgIpc) is 2.69. The summed E-state index contributed by atoms with van der Waals surface area (Å²) in [7, 11) is 0. The van der Waals surface area contributed by atoms with Crippen molar-refractivity contribution in [1.82, 2.24) is 4.90 Å². The molecule has 0 bridgehead atoms. The van der Waals surface area contributed by atoms with Crippen LogP contribution >= 0.6 is 24.2 Å². The number of nitrogens with zero attached hydrogens (tertiary/aromatic N) is 1. The molecule has 0 aliphatic heterocycles. The lowest BCUT2D eigenvalue weighted by molar-refractivity contribution is -0.143. The lowest BCUT2D eigenvalue weighted by atomic mass is 9.91. The molecular formula is C22H30ClNO2S. The molecule has 3 nitrogen and oxygen atoms in total. The second-order valence-electron chi connectivity index (χ2n) is 6.06. The molecule has 0 radical (unpaired) electrons. The number of rotatable bonds is 11. The molecule has 2 aromatic rings. The van der Waals surface area contributed by atoms with Gasteiger partial charge in [0.1, 0.15) is 12.5 Å². The maximum Gasteiger partial charge on any atom is 0.317 e. The van der Waals surface area contributed by atoms with Gasteiger partial charge in [-0.15, -0.1) is 12.4 Å². The molecule has 5 heteroatoms. The van der Waals surface area contributed by atoms with Crippen LogP contribution in [0, 0.1) is 0 Å². The number of hydrogen-bond acceptors (Lipinski definition) is 4. The van der Waals surface area contributed by atoms with Gasteiger partial charge in [0.2, 0.25) is 0 Å². The van der Waals surface area contributed by atoms with Crippen LogP contribution in [0.3, 0.4) is 0 Å². The molecule has 0 N–H and O–H groups in total. The molecule has 0 saturated carbocycles. The Labute approximate surface area is 173 Å². The van der Waals surface area contributed by atoms with Crippen molar-refractivity contribution >= 4 is 30.1 Å². The van der Waals surface area contributed by atoms with Crippen molar-refractivity contribution < 1.29 is 9.53 Å². The summed E-state index contributed by atoms with van der Waals surface area (Å²) in [4.78, 5) is 15.1. The van der Waals surface area contributed by atoms with Gasteiger partial charge in [-0.25, -0.2) is 0 Å². The Bertz CT molecular complexity index is 596. The van der Waals surface area contributed by atoms with E-state index in [-0.39, 0.29) is 24.3 Å². The quantitative estimate of drug-likeness (QED) is 0.393. The van der Waals surface area contributed by atoms with Crippen LogP contribution in [-0.4, -0.2) is 48.6 Å². The minimum absolute atomic E-state index is 0. The van der Waals surface area contributed by atoms with Crippen molar-refractivity contribution in [1.29, 1.82) is 0 Å². The number of halogens is 1. The second kappa shape index (κ2) is 13.6. The first-order valence-electron chi connectivity index (χ1n) is 9.32. The first-order valence-corrected chi connectivity index (χ1v) is 10.5. The predicted octanol–water partition coefficient (Wildman–Crippen LogP) is 4.86. The zero-order valence-electron chi connectivity index (χ0n) is 16.2. The molecule has 2 aromatic carbocycles. The molecule has 0 heterocycles. The van der Waals surface area contributed by atoms with Gasteiger partial charge in [0, 0.05) is 18.1 Å². The summed E-state index contributed by atoms with van der Waals surface area (Å²) >= 11 is 1.84. The zero-order chi connectivity index (χ0) is 18.6. The lowest BCUT2D eigenvalue weighted by Gasteiger charge is -2.18. The van der Waals surface area contributed by atoms with E-state index < -0.39 is 0 Å². The van der Waals surface area contributed by atoms with Crippen LogP contribution in [0.15, 0.2) is 60.7 Å². The molecule has 2 rings (SSSR count). The Morgan fingerprint density at radius 2 is 1.44 bits per heavy atom. The van der Waals surface area contributed by atoms with Crippen LogP contribution in [0.25, 0.3) is 0 Å². The van der Waals surface area contributed by atoms with Gasteiger partial charge in [0.25, 0.3) is 0 Å². The summed E-state index contributed by atoms with van der Waals surface area (Å²) in [5.74, 6) is 1.37. The minimum Gasteiger partial charge on any atom is -0.464 e. The predicted molar refractivity (Wildman–Crippen MR) is 118 cm³/mol. The van der Waals surface area contributed by atoms with Gasteiger partial charge in [0.05, 0.1) is 0 Å². The molecule has 0 saturated heterocycles. The SMILES string of the molecule is CCN(CC)CCSCCOC(=O)C(c1ccccc1)c1ccccc1.Cl. The molecule has 0 fully saturated rings. The number of thioether (sulfide) groups is 1. The number of carbonyl (C=O) groups excluding carboxylic acids is 1. The fourth-order valence-electron chi connectivity index (χ4n) is 2.88. The Morgan fingerprint density at radius 1 is 0.926 bits per heavy atom. The van der Waals surface area contributed by atoms with Crippen LogP contribution < -0.4 is 0 Å². The van der Waals surface area contributed by atoms with Gasteiger partial charge in [0.15, 0.2) is 0 Å². The molecule has 0 spiro atoms. The van der Waals surface area contributed by atoms with Crippen LogP contribution in [0.2, 0.25) is 0 Å². The van der Waals surface area contributed by atoms with E-state index in [1.54, 1.807) is 0 Å². The Balaban J connectivity index is 0.00000364. The van der Waals surface area contributed by atoms with E-state index in [0.29, 0.717) is 6.61 Å². The summed E-state index contributed by atoms with van der Waals surface area (Å²) in [6.45, 7) is 8.08. The van der Waals surface area contributed by atoms with Gasteiger partial charge in [-0.1, -0.05) is 74.5 Å². The van der Waals surface area contributed by atoms with E-state index >= 15 is 0 Å². The lowest BCUT2D eigenvalue weighted by Crippen LogP contribution is -2.25. The molecule has 148 valence electrons. The van der Waals surface area contributed by atoms with Crippen molar-refractivity contribution in [2.45, 2.75) is 19.8 Å². The normalized spacial score (nSPS) is 10.7. The Kier molecular flexibility index (Phi) is 11.9. The monoisotopic (exact) mass is 407 g/mol. The number of hydrogen-bond donors (Lipinski definition) is 0. The Morgan fingerprint density at radius 3 is 1.93 bits per heavy atom. The molecule has 0 amide bonds. The highest BCUT2D eigenvalue weighted by molar-refractivity contribution is 7.99. The average molecular weight is 408 g/mol. The van der Waals surface area contributed by atoms with Gasteiger partial charge >= 0.3 is 5.97 Å². The summed E-state index contributed by atoms with van der Waals surface area (Å²) in [6.07, 6.45) is 0. The van der Waals surface area contributed by atoms with E-state index in [2.05, 4.69) is 18.7 Å². The highest BCUT2D eigenvalue weighted by atomic mass is 35.5. The fourth-order valence-corrected chi connectivity index (χ4v) is 3.67. The third-order valence-corrected chi connectivity index (χ3v) is 5.35. The van der Waals surface area contributed by atoms with Crippen molar-refractivity contribution in [2.75, 3.05) is 37.7 Å². The van der Waals surface area contributed by atoms with Gasteiger partial charge in [-0.3, -0.25) is 4.79 Å². The van der Waals surface area contributed by atoms with E-state index in [1.807, 2.05) is 72.4 Å². The molecule has 27 heavy (non-hydrogen) atoms.